The average Bonchev–Trinajstić information content (AvgIpc) is 4.10. The monoisotopic (exact) mass is 1170 g/mol. The average molecular weight is 1170 g/mol. The Morgan fingerprint density at radius 1 is 0.812 bits per heavy atom. The molecule has 3 aromatic carbocycles. The number of ketones is 1. The van der Waals surface area contributed by atoms with Crippen molar-refractivity contribution in [1.82, 2.24) is 30.5 Å². The van der Waals surface area contributed by atoms with E-state index in [0.29, 0.717) is 100 Å². The van der Waals surface area contributed by atoms with E-state index in [0.717, 1.165) is 21.7 Å². The number of hydrogen-bond acceptors (Lipinski definition) is 17. The number of amides is 3. The Bertz CT molecular complexity index is 2850. The molecule has 1 unspecified atom stereocenters. The third-order valence-corrected chi connectivity index (χ3v) is 15.6. The van der Waals surface area contributed by atoms with Gasteiger partial charge in [-0.1, -0.05) is 68.2 Å². The van der Waals surface area contributed by atoms with Gasteiger partial charge in [-0.2, -0.15) is 0 Å². The highest BCUT2D eigenvalue weighted by atomic mass is 35.5. The van der Waals surface area contributed by atoms with Gasteiger partial charge in [-0.25, -0.2) is 19.3 Å². The first-order chi connectivity index (χ1) is 38.5. The lowest BCUT2D eigenvalue weighted by Crippen LogP contribution is -2.52. The normalized spacial score (nSPS) is 17.1. The van der Waals surface area contributed by atoms with Crippen LogP contribution in [0.15, 0.2) is 60.4 Å². The van der Waals surface area contributed by atoms with Gasteiger partial charge >= 0.3 is 0 Å². The first-order valence-corrected chi connectivity index (χ1v) is 28.5. The first-order valence-electron chi connectivity index (χ1n) is 26.8. The molecule has 80 heavy (non-hydrogen) atoms. The van der Waals surface area contributed by atoms with Crippen molar-refractivity contribution in [2.24, 2.45) is 17.3 Å². The van der Waals surface area contributed by atoms with Crippen molar-refractivity contribution >= 4 is 80.5 Å². The lowest BCUT2D eigenvalue weighted by molar-refractivity contribution is -0.137. The Kier molecular flexibility index (Phi) is 23.6. The van der Waals surface area contributed by atoms with Crippen molar-refractivity contribution in [2.75, 3.05) is 91.6 Å². The molecule has 7 rings (SSSR count). The minimum Gasteiger partial charge on any atom is -0.493 e. The number of carbonyl (C=O) groups excluding carboxylic acids is 4. The number of nitrogens with zero attached hydrogens (tertiary/aromatic N) is 4. The number of thiazole rings is 1. The SMILES string of the molecule is COc1cc2ncnc(Nc3ccc(Cl)c(Cl)c3F)c2cc1OC1CCN(C(=O)CCOCCOCCOCCOCCOCCC(=O)N[C@H](C(=O)C2C[C@H](O)C[C@H]2C(=O)NCc2ccc(-c3scnc3C)cc2)C(C)(C)C)CC1. The van der Waals surface area contributed by atoms with Crippen molar-refractivity contribution in [3.8, 4) is 21.9 Å². The molecule has 5 aromatic rings. The predicted molar refractivity (Wildman–Crippen MR) is 302 cm³/mol. The molecular weight excluding hydrogens is 1100 g/mol. The summed E-state index contributed by atoms with van der Waals surface area (Å²) in [5, 5.41) is 19.9. The van der Waals surface area contributed by atoms with E-state index >= 15 is 0 Å². The van der Waals surface area contributed by atoms with Crippen molar-refractivity contribution in [1.29, 1.82) is 0 Å². The lowest BCUT2D eigenvalue weighted by Gasteiger charge is -2.33. The number of fused-ring (bicyclic) bond motifs is 1. The molecule has 2 fully saturated rings. The topological polar surface area (TPSA) is 231 Å². The summed E-state index contributed by atoms with van der Waals surface area (Å²) in [6.45, 7) is 12.0. The fraction of sp³-hybridized carbons (Fsp3) is 0.526. The summed E-state index contributed by atoms with van der Waals surface area (Å²) in [4.78, 5) is 69.4. The molecule has 0 bridgehead atoms. The van der Waals surface area contributed by atoms with Crippen molar-refractivity contribution in [2.45, 2.75) is 91.0 Å². The largest absolute Gasteiger partial charge is 0.493 e. The van der Waals surface area contributed by atoms with Gasteiger partial charge in [0.2, 0.25) is 17.7 Å². The third kappa shape index (κ3) is 17.7. The minimum atomic E-state index is -0.869. The summed E-state index contributed by atoms with van der Waals surface area (Å²) < 4.78 is 54.9. The summed E-state index contributed by atoms with van der Waals surface area (Å²) in [5.74, 6) is -1.81. The molecule has 19 nitrogen and oxygen atoms in total. The zero-order valence-corrected chi connectivity index (χ0v) is 48.2. The number of halogens is 3. The van der Waals surface area contributed by atoms with Crippen LogP contribution in [0, 0.1) is 30.0 Å². The summed E-state index contributed by atoms with van der Waals surface area (Å²) in [7, 11) is 1.54. The van der Waals surface area contributed by atoms with E-state index in [1.165, 1.54) is 25.6 Å². The minimum absolute atomic E-state index is 0.00183. The highest BCUT2D eigenvalue weighted by Crippen LogP contribution is 2.39. The zero-order chi connectivity index (χ0) is 57.2. The van der Waals surface area contributed by atoms with Crippen LogP contribution in [0.5, 0.6) is 11.5 Å². The summed E-state index contributed by atoms with van der Waals surface area (Å²) in [6.07, 6.45) is 2.19. The number of carbonyl (C=O) groups is 4. The second-order valence-electron chi connectivity index (χ2n) is 20.6. The fourth-order valence-electron chi connectivity index (χ4n) is 9.48. The number of aliphatic hydroxyl groups is 1. The molecule has 1 saturated carbocycles. The number of ether oxygens (including phenoxy) is 7. The van der Waals surface area contributed by atoms with Gasteiger partial charge in [0, 0.05) is 56.3 Å². The summed E-state index contributed by atoms with van der Waals surface area (Å²) >= 11 is 13.6. The molecule has 23 heteroatoms. The summed E-state index contributed by atoms with van der Waals surface area (Å²) in [5.41, 5.74) is 4.74. The van der Waals surface area contributed by atoms with Crippen molar-refractivity contribution < 1.29 is 61.8 Å². The molecule has 0 radical (unpaired) electrons. The van der Waals surface area contributed by atoms with E-state index in [1.807, 2.05) is 62.4 Å². The second kappa shape index (κ2) is 30.4. The number of aliphatic hydroxyl groups excluding tert-OH is 1. The Morgan fingerprint density at radius 2 is 1.44 bits per heavy atom. The second-order valence-corrected chi connectivity index (χ2v) is 22.3. The summed E-state index contributed by atoms with van der Waals surface area (Å²) in [6, 6.07) is 13.5. The van der Waals surface area contributed by atoms with E-state index in [4.69, 9.17) is 56.4 Å². The number of likely N-dealkylation sites (tertiary alicyclic amines) is 1. The quantitative estimate of drug-likeness (QED) is 0.0250. The van der Waals surface area contributed by atoms with Crippen LogP contribution in [-0.2, 0) is 49.4 Å². The van der Waals surface area contributed by atoms with Gasteiger partial charge in [-0.05, 0) is 54.5 Å². The molecule has 0 spiro atoms. The lowest BCUT2D eigenvalue weighted by atomic mass is 9.77. The molecule has 1 saturated heterocycles. The molecule has 4 N–H and O–H groups in total. The number of nitrogens with one attached hydrogen (secondary N) is 3. The predicted octanol–water partition coefficient (Wildman–Crippen LogP) is 8.30. The molecule has 1 aliphatic heterocycles. The van der Waals surface area contributed by atoms with Crippen LogP contribution in [-0.4, -0.2) is 153 Å². The standard InChI is InChI=1S/C57H72Cl2FN7O12S/c1-35-53(80-34-64-35)37-8-6-36(7-9-37)32-61-56(72)41-29-38(68)28-40(41)52(71)54(57(2,3)4)66-48(69)14-18-74-20-22-76-24-26-78-27-25-77-23-21-75-19-15-49(70)67-16-12-39(13-17-67)79-47-30-42-45(31-46(47)73-5)62-33-63-55(42)65-44-11-10-43(58)50(59)51(44)60/h6-11,30-31,33-34,38-41,54,68H,12-29,32H2,1-5H3,(H,61,72)(H,66,69)(H,62,63,65)/t38-,40?,41+,54+/m0/s1. The van der Waals surface area contributed by atoms with Crippen LogP contribution >= 0.6 is 34.5 Å². The maximum Gasteiger partial charge on any atom is 0.224 e. The molecule has 1 aliphatic carbocycles. The van der Waals surface area contributed by atoms with Gasteiger partial charge in [0.15, 0.2) is 23.1 Å². The zero-order valence-electron chi connectivity index (χ0n) is 45.9. The number of anilines is 2. The Hall–Kier alpha value is -5.62. The number of Topliss-reactive ketones (excluding diaryl/α,β-unsaturated/α-hetero) is 1. The van der Waals surface area contributed by atoms with E-state index in [1.54, 1.807) is 23.5 Å². The van der Waals surface area contributed by atoms with E-state index in [2.05, 4.69) is 30.9 Å². The maximum absolute atomic E-state index is 14.9. The van der Waals surface area contributed by atoms with Gasteiger partial charge in [-0.15, -0.1) is 11.3 Å². The Balaban J connectivity index is 0.685. The van der Waals surface area contributed by atoms with Crippen molar-refractivity contribution in [3.63, 3.8) is 0 Å². The van der Waals surface area contributed by atoms with Gasteiger partial charge in [-0.3, -0.25) is 19.2 Å². The highest BCUT2D eigenvalue weighted by Gasteiger charge is 2.46. The number of piperidine rings is 1. The van der Waals surface area contributed by atoms with Gasteiger partial charge < -0.3 is 59.1 Å². The van der Waals surface area contributed by atoms with Crippen LogP contribution in [0.25, 0.3) is 21.3 Å². The Morgan fingerprint density at radius 3 is 2.05 bits per heavy atom. The first kappa shape index (κ1) is 62.0. The molecule has 4 atom stereocenters. The number of aromatic nitrogens is 3. The van der Waals surface area contributed by atoms with E-state index in [-0.39, 0.29) is 97.4 Å². The van der Waals surface area contributed by atoms with Gasteiger partial charge in [0.05, 0.1) is 135 Å². The number of aryl methyl sites for hydroxylation is 1. The van der Waals surface area contributed by atoms with Crippen molar-refractivity contribution in [3.05, 3.63) is 87.5 Å². The number of hydrogen-bond donors (Lipinski definition) is 4. The van der Waals surface area contributed by atoms with Crippen LogP contribution in [0.4, 0.5) is 15.9 Å². The third-order valence-electron chi connectivity index (χ3n) is 13.8. The highest BCUT2D eigenvalue weighted by molar-refractivity contribution is 7.13. The van der Waals surface area contributed by atoms with Crippen LogP contribution < -0.4 is 25.4 Å². The number of methoxy groups -OCH3 is 1. The number of rotatable bonds is 30. The molecule has 2 aliphatic rings. The van der Waals surface area contributed by atoms with Crippen LogP contribution in [0.2, 0.25) is 10.0 Å². The molecule has 3 heterocycles. The Labute approximate surface area is 479 Å². The van der Waals surface area contributed by atoms with Crippen LogP contribution in [0.1, 0.15) is 70.6 Å². The smallest absolute Gasteiger partial charge is 0.224 e. The maximum atomic E-state index is 14.9. The number of benzene rings is 3. The van der Waals surface area contributed by atoms with E-state index < -0.39 is 35.2 Å². The van der Waals surface area contributed by atoms with Gasteiger partial charge in [0.1, 0.15) is 18.2 Å². The fourth-order valence-corrected chi connectivity index (χ4v) is 10.6. The molecule has 3 amide bonds. The molecule has 434 valence electrons. The van der Waals surface area contributed by atoms with E-state index in [9.17, 15) is 28.7 Å². The molecule has 2 aromatic heterocycles. The van der Waals surface area contributed by atoms with Crippen LogP contribution in [0.3, 0.4) is 0 Å². The van der Waals surface area contributed by atoms with Gasteiger partial charge in [0.25, 0.3) is 0 Å². The molecular formula is C57H72Cl2FN7O12S.